The van der Waals surface area contributed by atoms with Crippen LogP contribution in [0.4, 0.5) is 0 Å². The lowest BCUT2D eigenvalue weighted by Crippen LogP contribution is -2.22. The maximum atomic E-state index is 11.8. The highest BCUT2D eigenvalue weighted by atomic mass is 16.5. The molecule has 0 saturated carbocycles. The summed E-state index contributed by atoms with van der Waals surface area (Å²) in [5, 5.41) is 4.35. The number of hydrogen-bond acceptors (Lipinski definition) is 3. The minimum absolute atomic E-state index is 0.0721. The van der Waals surface area contributed by atoms with E-state index in [-0.39, 0.29) is 5.43 Å². The van der Waals surface area contributed by atoms with E-state index in [0.717, 1.165) is 49.0 Å². The summed E-state index contributed by atoms with van der Waals surface area (Å²) in [5.74, 6) is 1.67. The van der Waals surface area contributed by atoms with Gasteiger partial charge in [0, 0.05) is 23.2 Å². The van der Waals surface area contributed by atoms with E-state index in [2.05, 4.69) is 40.6 Å². The molecule has 0 saturated heterocycles. The molecule has 4 heteroatoms. The van der Waals surface area contributed by atoms with Crippen molar-refractivity contribution >= 4 is 10.9 Å². The number of aromatic amines is 1. The van der Waals surface area contributed by atoms with Gasteiger partial charge in [-0.15, -0.1) is 0 Å². The molecule has 1 heterocycles. The summed E-state index contributed by atoms with van der Waals surface area (Å²) in [6.45, 7) is 1.96. The largest absolute Gasteiger partial charge is 0.496 e. The van der Waals surface area contributed by atoms with Crippen LogP contribution in [0.1, 0.15) is 41.9 Å². The summed E-state index contributed by atoms with van der Waals surface area (Å²) in [6, 6.07) is 14.1. The lowest BCUT2D eigenvalue weighted by molar-refractivity contribution is 0.401. The number of fused-ring (bicyclic) bond motifs is 2. The quantitative estimate of drug-likeness (QED) is 0.608. The highest BCUT2D eigenvalue weighted by Gasteiger charge is 2.22. The third-order valence-corrected chi connectivity index (χ3v) is 5.89. The minimum Gasteiger partial charge on any atom is -0.496 e. The number of rotatable bonds is 7. The van der Waals surface area contributed by atoms with E-state index in [9.17, 15) is 4.79 Å². The lowest BCUT2D eigenvalue weighted by atomic mass is 9.80. The maximum absolute atomic E-state index is 11.8. The van der Waals surface area contributed by atoms with Crippen molar-refractivity contribution in [3.63, 3.8) is 0 Å². The molecule has 2 aromatic carbocycles. The van der Waals surface area contributed by atoms with Crippen molar-refractivity contribution in [1.82, 2.24) is 10.3 Å². The van der Waals surface area contributed by atoms with Crippen molar-refractivity contribution < 1.29 is 4.74 Å². The summed E-state index contributed by atoms with van der Waals surface area (Å²) in [6.07, 6.45) is 7.47. The van der Waals surface area contributed by atoms with E-state index in [1.165, 1.54) is 29.5 Å². The Hall–Kier alpha value is -2.59. The fourth-order valence-electron chi connectivity index (χ4n) is 4.42. The van der Waals surface area contributed by atoms with Crippen LogP contribution in [0.2, 0.25) is 0 Å². The first-order chi connectivity index (χ1) is 13.8. The average molecular weight is 376 g/mol. The van der Waals surface area contributed by atoms with E-state index in [1.807, 2.05) is 6.07 Å². The van der Waals surface area contributed by atoms with Gasteiger partial charge in [0.1, 0.15) is 5.75 Å². The van der Waals surface area contributed by atoms with Gasteiger partial charge in [-0.3, -0.25) is 4.79 Å². The van der Waals surface area contributed by atoms with Crippen molar-refractivity contribution in [2.24, 2.45) is 0 Å². The predicted octanol–water partition coefficient (Wildman–Crippen LogP) is 4.18. The van der Waals surface area contributed by atoms with Gasteiger partial charge in [0.25, 0.3) is 0 Å². The Morgan fingerprint density at radius 1 is 1.18 bits per heavy atom. The summed E-state index contributed by atoms with van der Waals surface area (Å²) in [4.78, 5) is 15.0. The molecule has 3 aromatic rings. The standard InChI is InChI=1S/C24H28N2O2/c1-28-24-7-3-5-19-18(4-2-6-20(19)24)11-14-25-13-10-17-8-9-21-22(16-17)26-15-12-23(21)27/h3,5,7-9,12,15-16,18,25H,2,4,6,10-11,13-14H2,1H3,(H,26,27). The highest BCUT2D eigenvalue weighted by Crippen LogP contribution is 2.38. The molecule has 0 amide bonds. The Balaban J connectivity index is 1.30. The van der Waals surface area contributed by atoms with Gasteiger partial charge in [-0.05, 0) is 86.0 Å². The van der Waals surface area contributed by atoms with E-state index in [4.69, 9.17) is 4.74 Å². The molecule has 1 aliphatic rings. The first-order valence-corrected chi connectivity index (χ1v) is 10.2. The van der Waals surface area contributed by atoms with Crippen molar-refractivity contribution in [3.8, 4) is 5.75 Å². The molecule has 4 rings (SSSR count). The molecule has 0 radical (unpaired) electrons. The smallest absolute Gasteiger partial charge is 0.189 e. The molecular formula is C24H28N2O2. The van der Waals surface area contributed by atoms with Crippen LogP contribution < -0.4 is 15.5 Å². The maximum Gasteiger partial charge on any atom is 0.189 e. The van der Waals surface area contributed by atoms with E-state index < -0.39 is 0 Å². The highest BCUT2D eigenvalue weighted by molar-refractivity contribution is 5.78. The topological polar surface area (TPSA) is 54.1 Å². The normalized spacial score (nSPS) is 16.1. The molecule has 1 aromatic heterocycles. The van der Waals surface area contributed by atoms with Gasteiger partial charge >= 0.3 is 0 Å². The van der Waals surface area contributed by atoms with Crippen molar-refractivity contribution in [2.75, 3.05) is 20.2 Å². The summed E-state index contributed by atoms with van der Waals surface area (Å²) >= 11 is 0. The molecule has 2 N–H and O–H groups in total. The Morgan fingerprint density at radius 2 is 2.11 bits per heavy atom. The van der Waals surface area contributed by atoms with E-state index in [1.54, 1.807) is 19.4 Å². The SMILES string of the molecule is COc1cccc2c1CCCC2CCNCCc1ccc2c(=O)cc[nH]c2c1. The first-order valence-electron chi connectivity index (χ1n) is 10.2. The third kappa shape index (κ3) is 3.97. The summed E-state index contributed by atoms with van der Waals surface area (Å²) in [7, 11) is 1.77. The van der Waals surface area contributed by atoms with E-state index >= 15 is 0 Å². The molecule has 0 bridgehead atoms. The van der Waals surface area contributed by atoms with Gasteiger partial charge in [-0.1, -0.05) is 18.2 Å². The van der Waals surface area contributed by atoms with Crippen molar-refractivity contribution in [1.29, 1.82) is 0 Å². The molecule has 0 aliphatic heterocycles. The third-order valence-electron chi connectivity index (χ3n) is 5.89. The molecule has 146 valence electrons. The Kier molecular flexibility index (Phi) is 5.77. The van der Waals surface area contributed by atoms with Gasteiger partial charge in [0.15, 0.2) is 5.43 Å². The minimum atomic E-state index is 0.0721. The molecule has 28 heavy (non-hydrogen) atoms. The summed E-state index contributed by atoms with van der Waals surface area (Å²) < 4.78 is 5.55. The number of ether oxygens (including phenoxy) is 1. The predicted molar refractivity (Wildman–Crippen MR) is 114 cm³/mol. The average Bonchev–Trinajstić information content (AvgIpc) is 2.73. The number of benzene rings is 2. The second-order valence-corrected chi connectivity index (χ2v) is 7.63. The van der Waals surface area contributed by atoms with Crippen LogP contribution in [0.15, 0.2) is 53.5 Å². The molecule has 0 spiro atoms. The lowest BCUT2D eigenvalue weighted by Gasteiger charge is -2.27. The number of hydrogen-bond donors (Lipinski definition) is 2. The van der Waals surface area contributed by atoms with Crippen LogP contribution in [-0.4, -0.2) is 25.2 Å². The Morgan fingerprint density at radius 3 is 3.00 bits per heavy atom. The zero-order valence-corrected chi connectivity index (χ0v) is 16.5. The first kappa shape index (κ1) is 18.8. The zero-order valence-electron chi connectivity index (χ0n) is 16.5. The van der Waals surface area contributed by atoms with Gasteiger partial charge in [-0.25, -0.2) is 0 Å². The number of pyridine rings is 1. The Bertz CT molecular complexity index is 1010. The molecule has 1 aliphatic carbocycles. The number of aromatic nitrogens is 1. The van der Waals surface area contributed by atoms with Crippen LogP contribution >= 0.6 is 0 Å². The fraction of sp³-hybridized carbons (Fsp3) is 0.375. The number of methoxy groups -OCH3 is 1. The molecular weight excluding hydrogens is 348 g/mol. The monoisotopic (exact) mass is 376 g/mol. The molecule has 0 fully saturated rings. The van der Waals surface area contributed by atoms with Gasteiger partial charge in [0.2, 0.25) is 0 Å². The molecule has 1 unspecified atom stereocenters. The fourth-order valence-corrected chi connectivity index (χ4v) is 4.42. The summed E-state index contributed by atoms with van der Waals surface area (Å²) in [5.41, 5.74) is 5.12. The van der Waals surface area contributed by atoms with Gasteiger partial charge in [-0.2, -0.15) is 0 Å². The second-order valence-electron chi connectivity index (χ2n) is 7.63. The van der Waals surface area contributed by atoms with Crippen LogP contribution in [0.5, 0.6) is 5.75 Å². The van der Waals surface area contributed by atoms with Gasteiger partial charge in [0.05, 0.1) is 7.11 Å². The van der Waals surface area contributed by atoms with Crippen LogP contribution in [0.3, 0.4) is 0 Å². The van der Waals surface area contributed by atoms with Gasteiger partial charge < -0.3 is 15.0 Å². The van der Waals surface area contributed by atoms with Crippen LogP contribution in [0, 0.1) is 0 Å². The number of nitrogens with one attached hydrogen (secondary N) is 2. The molecule has 1 atom stereocenters. The number of H-pyrrole nitrogens is 1. The van der Waals surface area contributed by atoms with Crippen molar-refractivity contribution in [2.45, 2.75) is 38.0 Å². The van der Waals surface area contributed by atoms with Crippen molar-refractivity contribution in [3.05, 3.63) is 75.6 Å². The second kappa shape index (κ2) is 8.61. The zero-order chi connectivity index (χ0) is 19.3. The van der Waals surface area contributed by atoms with E-state index in [0.29, 0.717) is 5.92 Å². The molecule has 4 nitrogen and oxygen atoms in total. The van der Waals surface area contributed by atoms with Crippen LogP contribution in [-0.2, 0) is 12.8 Å². The Labute approximate surface area is 165 Å². The van der Waals surface area contributed by atoms with Crippen LogP contribution in [0.25, 0.3) is 10.9 Å².